The summed E-state index contributed by atoms with van der Waals surface area (Å²) < 4.78 is 26.8. The number of hydrogen-bond acceptors (Lipinski definition) is 3. The van der Waals surface area contributed by atoms with Crippen LogP contribution in [-0.4, -0.2) is 38.4 Å². The van der Waals surface area contributed by atoms with Crippen molar-refractivity contribution in [2.45, 2.75) is 30.2 Å². The van der Waals surface area contributed by atoms with E-state index < -0.39 is 10.0 Å². The lowest BCUT2D eigenvalue weighted by Crippen LogP contribution is -2.51. The van der Waals surface area contributed by atoms with Crippen LogP contribution in [0.1, 0.15) is 19.8 Å². The van der Waals surface area contributed by atoms with Gasteiger partial charge in [-0.1, -0.05) is 29.3 Å². The van der Waals surface area contributed by atoms with Crippen molar-refractivity contribution in [3.8, 4) is 0 Å². The van der Waals surface area contributed by atoms with E-state index in [2.05, 4.69) is 12.2 Å². The zero-order chi connectivity index (χ0) is 15.0. The maximum atomic E-state index is 12.7. The third-order valence-electron chi connectivity index (χ3n) is 3.95. The van der Waals surface area contributed by atoms with Crippen LogP contribution in [-0.2, 0) is 10.0 Å². The van der Waals surface area contributed by atoms with Crippen molar-refractivity contribution in [1.29, 1.82) is 0 Å². The molecule has 0 amide bonds. The van der Waals surface area contributed by atoms with Gasteiger partial charge in [-0.15, -0.1) is 0 Å². The Bertz CT molecular complexity index is 576. The Morgan fingerprint density at radius 1 is 1.20 bits per heavy atom. The van der Waals surface area contributed by atoms with Gasteiger partial charge in [0.1, 0.15) is 4.90 Å². The van der Waals surface area contributed by atoms with Crippen molar-refractivity contribution in [3.63, 3.8) is 0 Å². The van der Waals surface area contributed by atoms with E-state index in [1.165, 1.54) is 4.31 Å². The third-order valence-corrected chi connectivity index (χ3v) is 6.80. The molecule has 0 radical (unpaired) electrons. The van der Waals surface area contributed by atoms with Crippen LogP contribution < -0.4 is 5.32 Å². The van der Waals surface area contributed by atoms with Crippen molar-refractivity contribution < 1.29 is 8.42 Å². The van der Waals surface area contributed by atoms with E-state index in [4.69, 9.17) is 23.2 Å². The number of piperidine rings is 1. The van der Waals surface area contributed by atoms with Crippen LogP contribution in [0.3, 0.4) is 0 Å². The molecule has 0 spiro atoms. The normalized spacial score (nSPS) is 20.0. The molecule has 20 heavy (non-hydrogen) atoms. The third kappa shape index (κ3) is 2.97. The smallest absolute Gasteiger partial charge is 0.246 e. The van der Waals surface area contributed by atoms with Crippen LogP contribution in [0.4, 0.5) is 0 Å². The summed E-state index contributed by atoms with van der Waals surface area (Å²) in [4.78, 5) is 0.0106. The minimum Gasteiger partial charge on any atom is -0.314 e. The highest BCUT2D eigenvalue weighted by Crippen LogP contribution is 2.33. The minimum absolute atomic E-state index is 0.0106. The lowest BCUT2D eigenvalue weighted by molar-refractivity contribution is 0.219. The first-order valence-corrected chi connectivity index (χ1v) is 8.63. The van der Waals surface area contributed by atoms with E-state index in [1.54, 1.807) is 18.2 Å². The summed E-state index contributed by atoms with van der Waals surface area (Å²) in [5.74, 6) is 0. The summed E-state index contributed by atoms with van der Waals surface area (Å²) in [5, 5.41) is 3.57. The Kier molecular flexibility index (Phi) is 4.66. The first kappa shape index (κ1) is 16.0. The summed E-state index contributed by atoms with van der Waals surface area (Å²) in [5.41, 5.74) is -0.0176. The molecule has 1 heterocycles. The van der Waals surface area contributed by atoms with E-state index in [0.717, 1.165) is 12.8 Å². The SMILES string of the molecule is CNC1(C)CCN(S(=O)(=O)c2c(Cl)cccc2Cl)CC1. The zero-order valence-corrected chi connectivity index (χ0v) is 13.8. The summed E-state index contributed by atoms with van der Waals surface area (Å²) in [6.07, 6.45) is 1.51. The molecule has 1 aliphatic heterocycles. The molecular weight excluding hydrogens is 319 g/mol. The molecule has 7 heteroatoms. The van der Waals surface area contributed by atoms with Gasteiger partial charge in [-0.25, -0.2) is 8.42 Å². The Labute approximate surface area is 130 Å². The van der Waals surface area contributed by atoms with Crippen LogP contribution in [0.5, 0.6) is 0 Å². The number of halogens is 2. The molecular formula is C13H18Cl2N2O2S. The van der Waals surface area contributed by atoms with Gasteiger partial charge in [0.15, 0.2) is 0 Å². The number of benzene rings is 1. The van der Waals surface area contributed by atoms with Gasteiger partial charge in [-0.2, -0.15) is 4.31 Å². The molecule has 1 aromatic rings. The molecule has 1 fully saturated rings. The molecule has 0 bridgehead atoms. The van der Waals surface area contributed by atoms with Gasteiger partial charge in [-0.3, -0.25) is 0 Å². The Balaban J connectivity index is 2.29. The van der Waals surface area contributed by atoms with E-state index in [0.29, 0.717) is 13.1 Å². The molecule has 1 aromatic carbocycles. The molecule has 4 nitrogen and oxygen atoms in total. The molecule has 1 saturated heterocycles. The van der Waals surface area contributed by atoms with Crippen molar-refractivity contribution >= 4 is 33.2 Å². The fraction of sp³-hybridized carbons (Fsp3) is 0.538. The second-order valence-electron chi connectivity index (χ2n) is 5.27. The summed E-state index contributed by atoms with van der Waals surface area (Å²) in [6, 6.07) is 4.72. The highest BCUT2D eigenvalue weighted by molar-refractivity contribution is 7.89. The number of nitrogens with zero attached hydrogens (tertiary/aromatic N) is 1. The van der Waals surface area contributed by atoms with Crippen LogP contribution in [0.2, 0.25) is 10.0 Å². The maximum absolute atomic E-state index is 12.7. The predicted molar refractivity (Wildman–Crippen MR) is 81.9 cm³/mol. The predicted octanol–water partition coefficient (Wildman–Crippen LogP) is 2.76. The molecule has 0 aromatic heterocycles. The van der Waals surface area contributed by atoms with Gasteiger partial charge in [0, 0.05) is 18.6 Å². The van der Waals surface area contributed by atoms with Gasteiger partial charge in [-0.05, 0) is 38.9 Å². The summed E-state index contributed by atoms with van der Waals surface area (Å²) in [7, 11) is -1.74. The fourth-order valence-electron chi connectivity index (χ4n) is 2.33. The number of hydrogen-bond donors (Lipinski definition) is 1. The largest absolute Gasteiger partial charge is 0.314 e. The molecule has 1 aliphatic rings. The zero-order valence-electron chi connectivity index (χ0n) is 11.5. The van der Waals surface area contributed by atoms with E-state index in [-0.39, 0.29) is 20.5 Å². The Morgan fingerprint density at radius 2 is 1.70 bits per heavy atom. The van der Waals surface area contributed by atoms with Crippen molar-refractivity contribution in [1.82, 2.24) is 9.62 Å². The molecule has 0 atom stereocenters. The summed E-state index contributed by atoms with van der Waals surface area (Å²) >= 11 is 12.0. The van der Waals surface area contributed by atoms with Crippen LogP contribution >= 0.6 is 23.2 Å². The lowest BCUT2D eigenvalue weighted by atomic mass is 9.91. The first-order valence-electron chi connectivity index (χ1n) is 6.43. The topological polar surface area (TPSA) is 49.4 Å². The average Bonchev–Trinajstić information content (AvgIpc) is 2.39. The maximum Gasteiger partial charge on any atom is 0.246 e. The highest BCUT2D eigenvalue weighted by Gasteiger charge is 2.36. The van der Waals surface area contributed by atoms with E-state index in [1.807, 2.05) is 7.05 Å². The van der Waals surface area contributed by atoms with Gasteiger partial charge in [0.05, 0.1) is 10.0 Å². The van der Waals surface area contributed by atoms with Crippen molar-refractivity contribution in [2.24, 2.45) is 0 Å². The standard InChI is InChI=1S/C13H18Cl2N2O2S/c1-13(16-2)6-8-17(9-7-13)20(18,19)12-10(14)4-3-5-11(12)15/h3-5,16H,6-9H2,1-2H3. The molecule has 0 saturated carbocycles. The molecule has 0 aliphatic carbocycles. The van der Waals surface area contributed by atoms with Crippen LogP contribution in [0, 0.1) is 0 Å². The average molecular weight is 337 g/mol. The summed E-state index contributed by atoms with van der Waals surface area (Å²) in [6.45, 7) is 3.02. The molecule has 0 unspecified atom stereocenters. The molecule has 112 valence electrons. The van der Waals surface area contributed by atoms with Crippen molar-refractivity contribution in [3.05, 3.63) is 28.2 Å². The lowest BCUT2D eigenvalue weighted by Gasteiger charge is -2.38. The second-order valence-corrected chi connectivity index (χ2v) is 7.95. The van der Waals surface area contributed by atoms with Crippen LogP contribution in [0.25, 0.3) is 0 Å². The van der Waals surface area contributed by atoms with E-state index in [9.17, 15) is 8.42 Å². The quantitative estimate of drug-likeness (QED) is 0.923. The minimum atomic E-state index is -3.64. The number of nitrogens with one attached hydrogen (secondary N) is 1. The van der Waals surface area contributed by atoms with Gasteiger partial charge in [0.2, 0.25) is 10.0 Å². The van der Waals surface area contributed by atoms with Crippen molar-refractivity contribution in [2.75, 3.05) is 20.1 Å². The Morgan fingerprint density at radius 3 is 2.15 bits per heavy atom. The van der Waals surface area contributed by atoms with Gasteiger partial charge in [0.25, 0.3) is 0 Å². The van der Waals surface area contributed by atoms with Gasteiger partial charge < -0.3 is 5.32 Å². The first-order chi connectivity index (χ1) is 9.30. The number of sulfonamides is 1. The fourth-order valence-corrected chi connectivity index (χ4v) is 4.86. The van der Waals surface area contributed by atoms with Gasteiger partial charge >= 0.3 is 0 Å². The molecule has 1 N–H and O–H groups in total. The second kappa shape index (κ2) is 5.81. The number of rotatable bonds is 3. The monoisotopic (exact) mass is 336 g/mol. The Hall–Kier alpha value is -0.330. The van der Waals surface area contributed by atoms with Crippen LogP contribution in [0.15, 0.2) is 23.1 Å². The van der Waals surface area contributed by atoms with E-state index >= 15 is 0 Å². The highest BCUT2D eigenvalue weighted by atomic mass is 35.5. The molecule has 2 rings (SSSR count).